The number of nitrogens with one attached hydrogen (secondary N) is 2. The van der Waals surface area contributed by atoms with Gasteiger partial charge in [-0.15, -0.1) is 0 Å². The van der Waals surface area contributed by atoms with Crippen LogP contribution in [0.5, 0.6) is 0 Å². The first-order chi connectivity index (χ1) is 20.7. The van der Waals surface area contributed by atoms with Crippen LogP contribution in [0.4, 0.5) is 11.4 Å². The lowest BCUT2D eigenvalue weighted by molar-refractivity contribution is 1.13. The Morgan fingerprint density at radius 1 is 0.674 bits per heavy atom. The van der Waals surface area contributed by atoms with Crippen LogP contribution in [0.15, 0.2) is 94.8 Å². The third kappa shape index (κ3) is 5.98. The Bertz CT molecular complexity index is 2090. The highest BCUT2D eigenvalue weighted by Gasteiger charge is 2.14. The van der Waals surface area contributed by atoms with E-state index in [-0.39, 0.29) is 11.1 Å². The first-order valence-electron chi connectivity index (χ1n) is 13.3. The van der Waals surface area contributed by atoms with Gasteiger partial charge in [-0.3, -0.25) is 19.6 Å². The molecule has 6 rings (SSSR count). The molecule has 0 amide bonds. The zero-order valence-electron chi connectivity index (χ0n) is 24.0. The Morgan fingerprint density at radius 3 is 1.60 bits per heavy atom. The molecule has 2 N–H and O–H groups in total. The molecule has 0 spiro atoms. The third-order valence-corrected chi connectivity index (χ3v) is 8.00. The van der Waals surface area contributed by atoms with Gasteiger partial charge in [-0.25, -0.2) is 0 Å². The molecule has 0 unspecified atom stereocenters. The van der Waals surface area contributed by atoms with Crippen molar-refractivity contribution in [3.05, 3.63) is 115 Å². The second-order valence-electron chi connectivity index (χ2n) is 10.1. The summed E-state index contributed by atoms with van der Waals surface area (Å²) in [4.78, 5) is 42.7. The molecule has 214 valence electrons. The minimum atomic E-state index is -0.242. The van der Waals surface area contributed by atoms with E-state index >= 15 is 0 Å². The van der Waals surface area contributed by atoms with E-state index in [1.54, 1.807) is 36.7 Å². The number of benzene rings is 2. The largest absolute Gasteiger partial charge is 0.378 e. The molecule has 4 aromatic heterocycles. The van der Waals surface area contributed by atoms with Crippen molar-refractivity contribution in [2.24, 2.45) is 0 Å². The second-order valence-corrected chi connectivity index (χ2v) is 11.2. The number of H-pyrrole nitrogens is 2. The molecule has 0 aliphatic carbocycles. The van der Waals surface area contributed by atoms with E-state index in [0.29, 0.717) is 27.5 Å². The number of fused-ring (bicyclic) bond motifs is 2. The number of pyridine rings is 4. The molecule has 2 aromatic carbocycles. The molecule has 0 atom stereocenters. The summed E-state index contributed by atoms with van der Waals surface area (Å²) in [5.74, 6) is 0. The summed E-state index contributed by atoms with van der Waals surface area (Å²) in [5, 5.41) is 10.5. The molecular formula is C33H28IN7O2. The fourth-order valence-electron chi connectivity index (χ4n) is 4.64. The Kier molecular flexibility index (Phi) is 8.54. The van der Waals surface area contributed by atoms with Crippen LogP contribution in [-0.2, 0) is 0 Å². The van der Waals surface area contributed by atoms with Crippen molar-refractivity contribution >= 4 is 55.8 Å². The van der Waals surface area contributed by atoms with E-state index < -0.39 is 0 Å². The maximum atomic E-state index is 12.2. The number of rotatable bonds is 4. The van der Waals surface area contributed by atoms with Gasteiger partial charge in [0.05, 0.1) is 36.8 Å². The van der Waals surface area contributed by atoms with Crippen molar-refractivity contribution in [3.63, 3.8) is 0 Å². The van der Waals surface area contributed by atoms with E-state index in [1.165, 1.54) is 0 Å². The summed E-state index contributed by atoms with van der Waals surface area (Å²) < 4.78 is 0.959. The fourth-order valence-corrected chi connectivity index (χ4v) is 5.52. The molecule has 4 heterocycles. The summed E-state index contributed by atoms with van der Waals surface area (Å²) in [5.41, 5.74) is 6.46. The highest BCUT2D eigenvalue weighted by Crippen LogP contribution is 2.28. The van der Waals surface area contributed by atoms with E-state index in [0.717, 1.165) is 37.3 Å². The maximum absolute atomic E-state index is 12.2. The van der Waals surface area contributed by atoms with Crippen LogP contribution in [0.1, 0.15) is 5.56 Å². The molecule has 0 saturated heterocycles. The second kappa shape index (κ2) is 12.5. The molecule has 6 aromatic rings. The number of nitrogens with zero attached hydrogens (tertiary/aromatic N) is 5. The summed E-state index contributed by atoms with van der Waals surface area (Å²) in [6.45, 7) is 0. The SMILES string of the molecule is CN(C)c1ccc(-c2[nH]c(=O)c3cccnc3c2C#N)cc1.CN(C)c1ccc(-c2[nH]c(=O)c3cccnc3c2I)cc1. The minimum absolute atomic E-state index is 0.106. The van der Waals surface area contributed by atoms with Gasteiger partial charge < -0.3 is 19.8 Å². The summed E-state index contributed by atoms with van der Waals surface area (Å²) in [6.07, 6.45) is 3.30. The van der Waals surface area contributed by atoms with Gasteiger partial charge in [0.2, 0.25) is 0 Å². The number of nitriles is 1. The predicted molar refractivity (Wildman–Crippen MR) is 182 cm³/mol. The van der Waals surface area contributed by atoms with Crippen molar-refractivity contribution in [1.82, 2.24) is 19.9 Å². The van der Waals surface area contributed by atoms with E-state index in [4.69, 9.17) is 0 Å². The molecule has 0 bridgehead atoms. The standard InChI is InChI=1S/C17H14N4O.C16H14IN3O/c1-21(2)12-7-5-11(6-8-12)15-14(10-18)16-13(17(22)20-15)4-3-9-19-16;1-20(2)11-7-5-10(6-8-11)14-13(17)15-12(16(21)19-14)4-3-9-18-15/h3-9H,1-2H3,(H,20,22);3-9H,1-2H3,(H,19,21). The van der Waals surface area contributed by atoms with Gasteiger partial charge in [0.25, 0.3) is 11.1 Å². The maximum Gasteiger partial charge on any atom is 0.257 e. The lowest BCUT2D eigenvalue weighted by atomic mass is 10.0. The van der Waals surface area contributed by atoms with Crippen LogP contribution in [0.3, 0.4) is 0 Å². The normalized spacial score (nSPS) is 10.6. The first-order valence-corrected chi connectivity index (χ1v) is 14.4. The monoisotopic (exact) mass is 681 g/mol. The summed E-state index contributed by atoms with van der Waals surface area (Å²) in [6, 6.07) is 24.8. The quantitative estimate of drug-likeness (QED) is 0.226. The molecule has 0 aliphatic rings. The zero-order chi connectivity index (χ0) is 30.7. The van der Waals surface area contributed by atoms with Gasteiger partial charge in [-0.2, -0.15) is 5.26 Å². The first kappa shape index (κ1) is 29.5. The fraction of sp³-hybridized carbons (Fsp3) is 0.121. The number of halogens is 1. The number of aromatic nitrogens is 4. The average Bonchev–Trinajstić information content (AvgIpc) is 3.03. The van der Waals surface area contributed by atoms with Gasteiger partial charge in [-0.05, 0) is 82.2 Å². The van der Waals surface area contributed by atoms with Gasteiger partial charge in [0, 0.05) is 52.0 Å². The molecule has 43 heavy (non-hydrogen) atoms. The number of hydrogen-bond acceptors (Lipinski definition) is 7. The highest BCUT2D eigenvalue weighted by atomic mass is 127. The van der Waals surface area contributed by atoms with E-state index in [9.17, 15) is 14.9 Å². The lowest BCUT2D eigenvalue weighted by Gasteiger charge is -2.13. The molecule has 9 nitrogen and oxygen atoms in total. The molecule has 0 saturated carbocycles. The molecular weight excluding hydrogens is 653 g/mol. The molecule has 10 heteroatoms. The smallest absolute Gasteiger partial charge is 0.257 e. The number of anilines is 2. The van der Waals surface area contributed by atoms with Crippen molar-refractivity contribution in [1.29, 1.82) is 5.26 Å². The predicted octanol–water partition coefficient (Wildman–Crippen LogP) is 5.79. The van der Waals surface area contributed by atoms with Crippen molar-refractivity contribution < 1.29 is 0 Å². The van der Waals surface area contributed by atoms with Crippen molar-refractivity contribution in [3.8, 4) is 28.6 Å². The summed E-state index contributed by atoms with van der Waals surface area (Å²) in [7, 11) is 7.91. The topological polar surface area (TPSA) is 122 Å². The Balaban J connectivity index is 0.000000171. The van der Waals surface area contributed by atoms with Gasteiger partial charge in [-0.1, -0.05) is 24.3 Å². The highest BCUT2D eigenvalue weighted by molar-refractivity contribution is 14.1. The average molecular weight is 682 g/mol. The summed E-state index contributed by atoms with van der Waals surface area (Å²) >= 11 is 2.24. The van der Waals surface area contributed by atoms with Crippen molar-refractivity contribution in [2.45, 2.75) is 0 Å². The third-order valence-electron chi connectivity index (χ3n) is 6.95. The number of hydrogen-bond donors (Lipinski definition) is 2. The minimum Gasteiger partial charge on any atom is -0.378 e. The molecule has 0 radical (unpaired) electrons. The van der Waals surface area contributed by atoms with Crippen molar-refractivity contribution in [2.75, 3.05) is 38.0 Å². The van der Waals surface area contributed by atoms with Crippen LogP contribution >= 0.6 is 22.6 Å². The Hall–Kier alpha value is -5.02. The van der Waals surface area contributed by atoms with Gasteiger partial charge in [0.15, 0.2) is 0 Å². The molecule has 0 fully saturated rings. The van der Waals surface area contributed by atoms with E-state index in [2.05, 4.69) is 48.6 Å². The van der Waals surface area contributed by atoms with Crippen LogP contribution in [0, 0.1) is 14.9 Å². The zero-order valence-corrected chi connectivity index (χ0v) is 26.2. The van der Waals surface area contributed by atoms with Crippen LogP contribution in [0.2, 0.25) is 0 Å². The Morgan fingerprint density at radius 2 is 1.12 bits per heavy atom. The Labute approximate surface area is 261 Å². The van der Waals surface area contributed by atoms with Crippen LogP contribution in [0.25, 0.3) is 44.3 Å². The van der Waals surface area contributed by atoms with Gasteiger partial charge >= 0.3 is 0 Å². The number of aromatic amines is 2. The van der Waals surface area contributed by atoms with Crippen LogP contribution < -0.4 is 20.9 Å². The lowest BCUT2D eigenvalue weighted by Crippen LogP contribution is -2.11. The molecule has 0 aliphatic heterocycles. The van der Waals surface area contributed by atoms with Crippen LogP contribution in [-0.4, -0.2) is 48.1 Å². The van der Waals surface area contributed by atoms with Gasteiger partial charge in [0.1, 0.15) is 11.6 Å². The van der Waals surface area contributed by atoms with E-state index in [1.807, 2.05) is 86.5 Å².